The molecule has 1 N–H and O–H groups in total. The molecule has 20 heavy (non-hydrogen) atoms. The molecule has 0 saturated carbocycles. The highest BCUT2D eigenvalue weighted by molar-refractivity contribution is 5.25. The van der Waals surface area contributed by atoms with Crippen LogP contribution in [0, 0.1) is 18.7 Å². The van der Waals surface area contributed by atoms with E-state index in [1.807, 2.05) is 19.2 Å². The number of halogens is 1. The van der Waals surface area contributed by atoms with Crippen LogP contribution >= 0.6 is 0 Å². The number of benzene rings is 1. The largest absolute Gasteiger partial charge is 0.313 e. The van der Waals surface area contributed by atoms with Gasteiger partial charge >= 0.3 is 0 Å². The van der Waals surface area contributed by atoms with Gasteiger partial charge in [0, 0.05) is 12.6 Å². The summed E-state index contributed by atoms with van der Waals surface area (Å²) in [5.41, 5.74) is 1.74. The summed E-state index contributed by atoms with van der Waals surface area (Å²) in [6, 6.07) is 5.75. The maximum absolute atomic E-state index is 13.7. The number of nitrogens with zero attached hydrogens (tertiary/aromatic N) is 1. The molecule has 114 valence electrons. The summed E-state index contributed by atoms with van der Waals surface area (Å²) in [6.07, 6.45) is 2.20. The first-order valence-electron chi connectivity index (χ1n) is 7.59. The predicted molar refractivity (Wildman–Crippen MR) is 84.5 cm³/mol. The van der Waals surface area contributed by atoms with Crippen molar-refractivity contribution in [2.75, 3.05) is 27.2 Å². The summed E-state index contributed by atoms with van der Waals surface area (Å²) in [7, 11) is 4.10. The summed E-state index contributed by atoms with van der Waals surface area (Å²) in [5, 5.41) is 3.29. The average molecular weight is 280 g/mol. The quantitative estimate of drug-likeness (QED) is 0.780. The fourth-order valence-corrected chi connectivity index (χ4v) is 2.41. The van der Waals surface area contributed by atoms with Gasteiger partial charge in [0.25, 0.3) is 0 Å². The molecule has 0 aliphatic rings. The minimum absolute atomic E-state index is 0.115. The lowest BCUT2D eigenvalue weighted by Crippen LogP contribution is -2.28. The highest BCUT2D eigenvalue weighted by Gasteiger charge is 2.12. The summed E-state index contributed by atoms with van der Waals surface area (Å²) in [4.78, 5) is 2.36. The molecule has 1 aromatic carbocycles. The molecule has 0 amide bonds. The number of aryl methyl sites for hydroxylation is 1. The molecule has 0 radical (unpaired) electrons. The third-order valence-corrected chi connectivity index (χ3v) is 4.07. The first-order valence-corrected chi connectivity index (χ1v) is 7.59. The molecule has 2 unspecified atom stereocenters. The van der Waals surface area contributed by atoms with Crippen LogP contribution in [0.25, 0.3) is 0 Å². The molecule has 0 saturated heterocycles. The lowest BCUT2D eigenvalue weighted by molar-refractivity contribution is 0.267. The molecule has 0 spiro atoms. The second-order valence-electron chi connectivity index (χ2n) is 5.91. The molecule has 1 aromatic rings. The van der Waals surface area contributed by atoms with Crippen LogP contribution in [0.15, 0.2) is 18.2 Å². The van der Waals surface area contributed by atoms with Gasteiger partial charge in [0.05, 0.1) is 0 Å². The maximum Gasteiger partial charge on any atom is 0.126 e. The van der Waals surface area contributed by atoms with Gasteiger partial charge in [-0.1, -0.05) is 32.4 Å². The van der Waals surface area contributed by atoms with Gasteiger partial charge in [-0.15, -0.1) is 0 Å². The molecular formula is C17H29FN2. The normalized spacial score (nSPS) is 14.6. The van der Waals surface area contributed by atoms with Crippen LogP contribution in [0.2, 0.25) is 0 Å². The van der Waals surface area contributed by atoms with E-state index < -0.39 is 0 Å². The fourth-order valence-electron chi connectivity index (χ4n) is 2.41. The second kappa shape index (κ2) is 8.38. The first-order chi connectivity index (χ1) is 9.47. The van der Waals surface area contributed by atoms with Gasteiger partial charge < -0.3 is 10.2 Å². The highest BCUT2D eigenvalue weighted by Crippen LogP contribution is 2.19. The minimum atomic E-state index is -0.115. The number of hydrogen-bond donors (Lipinski definition) is 1. The van der Waals surface area contributed by atoms with Crippen LogP contribution in [0.3, 0.4) is 0 Å². The second-order valence-corrected chi connectivity index (χ2v) is 5.91. The van der Waals surface area contributed by atoms with Gasteiger partial charge in [-0.05, 0) is 57.1 Å². The lowest BCUT2D eigenvalue weighted by atomic mass is 10.0. The van der Waals surface area contributed by atoms with Crippen molar-refractivity contribution in [3.8, 4) is 0 Å². The van der Waals surface area contributed by atoms with Crippen molar-refractivity contribution in [3.63, 3.8) is 0 Å². The van der Waals surface area contributed by atoms with Crippen LogP contribution in [-0.4, -0.2) is 32.1 Å². The van der Waals surface area contributed by atoms with Crippen molar-refractivity contribution in [2.24, 2.45) is 5.92 Å². The van der Waals surface area contributed by atoms with Gasteiger partial charge in [0.1, 0.15) is 5.82 Å². The van der Waals surface area contributed by atoms with E-state index in [1.165, 1.54) is 6.42 Å². The highest BCUT2D eigenvalue weighted by atomic mass is 19.1. The zero-order valence-corrected chi connectivity index (χ0v) is 13.5. The smallest absolute Gasteiger partial charge is 0.126 e. The zero-order valence-electron chi connectivity index (χ0n) is 13.5. The third-order valence-electron chi connectivity index (χ3n) is 4.07. The van der Waals surface area contributed by atoms with Crippen molar-refractivity contribution in [1.29, 1.82) is 0 Å². The average Bonchev–Trinajstić information content (AvgIpc) is 2.43. The molecule has 0 fully saturated rings. The minimum Gasteiger partial charge on any atom is -0.313 e. The van der Waals surface area contributed by atoms with E-state index in [1.54, 1.807) is 13.0 Å². The lowest BCUT2D eigenvalue weighted by Gasteiger charge is -2.24. The molecule has 0 aromatic heterocycles. The van der Waals surface area contributed by atoms with Crippen LogP contribution in [0.1, 0.15) is 43.9 Å². The van der Waals surface area contributed by atoms with E-state index >= 15 is 0 Å². The van der Waals surface area contributed by atoms with Crippen molar-refractivity contribution in [1.82, 2.24) is 10.2 Å². The number of rotatable bonds is 8. The Morgan fingerprint density at radius 1 is 1.35 bits per heavy atom. The summed E-state index contributed by atoms with van der Waals surface area (Å²) in [5.74, 6) is 0.612. The van der Waals surface area contributed by atoms with Crippen LogP contribution in [0.5, 0.6) is 0 Å². The van der Waals surface area contributed by atoms with Gasteiger partial charge in [-0.3, -0.25) is 0 Å². The molecule has 0 aliphatic heterocycles. The van der Waals surface area contributed by atoms with Crippen LogP contribution < -0.4 is 5.32 Å². The molecule has 0 bridgehead atoms. The van der Waals surface area contributed by atoms with E-state index in [0.717, 1.165) is 31.0 Å². The molecule has 2 nitrogen and oxygen atoms in total. The van der Waals surface area contributed by atoms with E-state index in [9.17, 15) is 4.39 Å². The molecule has 0 aliphatic carbocycles. The Labute approximate surface area is 123 Å². The van der Waals surface area contributed by atoms with Crippen LogP contribution in [-0.2, 0) is 0 Å². The van der Waals surface area contributed by atoms with Crippen molar-refractivity contribution >= 4 is 0 Å². The van der Waals surface area contributed by atoms with Gasteiger partial charge in [-0.25, -0.2) is 4.39 Å². The summed E-state index contributed by atoms with van der Waals surface area (Å²) < 4.78 is 13.7. The van der Waals surface area contributed by atoms with Gasteiger partial charge in [0.2, 0.25) is 0 Å². The zero-order chi connectivity index (χ0) is 15.1. The fraction of sp³-hybridized carbons (Fsp3) is 0.647. The molecular weight excluding hydrogens is 251 g/mol. The monoisotopic (exact) mass is 280 g/mol. The van der Waals surface area contributed by atoms with E-state index in [0.29, 0.717) is 5.56 Å². The van der Waals surface area contributed by atoms with Gasteiger partial charge in [-0.2, -0.15) is 0 Å². The topological polar surface area (TPSA) is 15.3 Å². The Kier molecular flexibility index (Phi) is 7.17. The Balaban J connectivity index is 2.56. The Morgan fingerprint density at radius 3 is 2.60 bits per heavy atom. The molecule has 0 heterocycles. The number of nitrogens with one attached hydrogen (secondary N) is 1. The Bertz CT molecular complexity index is 406. The van der Waals surface area contributed by atoms with Crippen LogP contribution in [0.4, 0.5) is 4.39 Å². The van der Waals surface area contributed by atoms with E-state index in [4.69, 9.17) is 0 Å². The maximum atomic E-state index is 13.7. The molecule has 2 atom stereocenters. The molecule has 3 heteroatoms. The third kappa shape index (κ3) is 5.22. The van der Waals surface area contributed by atoms with Crippen molar-refractivity contribution in [2.45, 2.75) is 39.7 Å². The Hall–Kier alpha value is -0.930. The van der Waals surface area contributed by atoms with E-state index in [2.05, 4.69) is 31.1 Å². The van der Waals surface area contributed by atoms with Gasteiger partial charge in [0.15, 0.2) is 0 Å². The van der Waals surface area contributed by atoms with Crippen molar-refractivity contribution in [3.05, 3.63) is 35.1 Å². The standard InChI is InChI=1S/C17H29FN2/c1-6-13(2)12-20(5)10-9-17(19-4)15-8-7-14(3)16(18)11-15/h7-8,11,13,17,19H,6,9-10,12H2,1-5H3. The first kappa shape index (κ1) is 17.1. The van der Waals surface area contributed by atoms with E-state index in [-0.39, 0.29) is 11.9 Å². The number of hydrogen-bond acceptors (Lipinski definition) is 2. The summed E-state index contributed by atoms with van der Waals surface area (Å²) in [6.45, 7) is 8.44. The Morgan fingerprint density at radius 2 is 2.05 bits per heavy atom. The van der Waals surface area contributed by atoms with Crippen molar-refractivity contribution < 1.29 is 4.39 Å². The predicted octanol–water partition coefficient (Wildman–Crippen LogP) is 3.76. The molecule has 1 rings (SSSR count). The SMILES string of the molecule is CCC(C)CN(C)CCC(NC)c1ccc(C)c(F)c1. The summed E-state index contributed by atoms with van der Waals surface area (Å²) >= 11 is 0.